The summed E-state index contributed by atoms with van der Waals surface area (Å²) in [6, 6.07) is 5.78. The van der Waals surface area contributed by atoms with Gasteiger partial charge in [-0.05, 0) is 37.6 Å². The highest BCUT2D eigenvalue weighted by molar-refractivity contribution is 6.04. The molecule has 2 aliphatic rings. The zero-order valence-electron chi connectivity index (χ0n) is 15.5. The molecule has 2 aliphatic heterocycles. The van der Waals surface area contributed by atoms with Gasteiger partial charge in [-0.2, -0.15) is 5.10 Å². The second kappa shape index (κ2) is 10.6. The molecule has 2 aromatic heterocycles. The first-order chi connectivity index (χ1) is 12.8. The first-order valence-corrected chi connectivity index (χ1v) is 9.16. The molecule has 0 aromatic carbocycles. The van der Waals surface area contributed by atoms with Gasteiger partial charge >= 0.3 is 0 Å². The van der Waals surface area contributed by atoms with Crippen LogP contribution in [0.1, 0.15) is 29.4 Å². The first-order valence-electron chi connectivity index (χ1n) is 9.16. The van der Waals surface area contributed by atoms with E-state index >= 15 is 0 Å². The molecule has 1 atom stereocenters. The predicted octanol–water partition coefficient (Wildman–Crippen LogP) is 2.14. The number of hydrogen-bond acceptors (Lipinski definition) is 6. The molecule has 8 nitrogen and oxygen atoms in total. The number of ether oxygens (including phenoxy) is 1. The van der Waals surface area contributed by atoms with Gasteiger partial charge in [0.15, 0.2) is 11.5 Å². The fourth-order valence-corrected chi connectivity index (χ4v) is 3.43. The van der Waals surface area contributed by atoms with Crippen molar-refractivity contribution in [2.45, 2.75) is 18.9 Å². The Hall–Kier alpha value is -1.87. The number of piperidine rings is 1. The lowest BCUT2D eigenvalue weighted by molar-refractivity contribution is 0.102. The highest BCUT2D eigenvalue weighted by atomic mass is 35.5. The molecule has 0 spiro atoms. The molecule has 4 rings (SSSR count). The summed E-state index contributed by atoms with van der Waals surface area (Å²) in [4.78, 5) is 19.3. The largest absolute Gasteiger partial charge is 0.378 e. The van der Waals surface area contributed by atoms with Gasteiger partial charge in [0.2, 0.25) is 0 Å². The highest BCUT2D eigenvalue weighted by Crippen LogP contribution is 2.24. The number of nitrogens with zero attached hydrogens (tertiary/aromatic N) is 4. The molecule has 2 N–H and O–H groups in total. The summed E-state index contributed by atoms with van der Waals surface area (Å²) >= 11 is 0. The lowest BCUT2D eigenvalue weighted by Gasteiger charge is -2.29. The molecule has 10 heteroatoms. The van der Waals surface area contributed by atoms with Crippen molar-refractivity contribution in [3.63, 3.8) is 0 Å². The van der Waals surface area contributed by atoms with Crippen molar-refractivity contribution in [2.75, 3.05) is 49.6 Å². The van der Waals surface area contributed by atoms with Crippen molar-refractivity contribution in [3.8, 4) is 0 Å². The number of nitrogens with one attached hydrogen (secondary N) is 2. The van der Waals surface area contributed by atoms with Crippen molar-refractivity contribution in [1.82, 2.24) is 20.1 Å². The molecule has 0 radical (unpaired) electrons. The van der Waals surface area contributed by atoms with Crippen molar-refractivity contribution in [3.05, 3.63) is 36.3 Å². The van der Waals surface area contributed by atoms with E-state index in [9.17, 15) is 4.79 Å². The van der Waals surface area contributed by atoms with E-state index in [0.717, 1.165) is 44.8 Å². The van der Waals surface area contributed by atoms with Crippen molar-refractivity contribution in [2.24, 2.45) is 0 Å². The molecule has 1 unspecified atom stereocenters. The number of pyridine rings is 1. The van der Waals surface area contributed by atoms with Crippen LogP contribution in [0.15, 0.2) is 30.6 Å². The van der Waals surface area contributed by atoms with Gasteiger partial charge in [-0.25, -0.2) is 4.98 Å². The molecule has 154 valence electrons. The van der Waals surface area contributed by atoms with Gasteiger partial charge in [0.05, 0.1) is 24.9 Å². The van der Waals surface area contributed by atoms with E-state index in [1.54, 1.807) is 12.3 Å². The third kappa shape index (κ3) is 5.14. The molecule has 2 saturated heterocycles. The Bertz CT molecular complexity index is 760. The summed E-state index contributed by atoms with van der Waals surface area (Å²) in [6.45, 7) is 4.82. The fourth-order valence-electron chi connectivity index (χ4n) is 3.43. The van der Waals surface area contributed by atoms with E-state index in [1.807, 2.05) is 23.0 Å². The Labute approximate surface area is 176 Å². The summed E-state index contributed by atoms with van der Waals surface area (Å²) in [6.07, 6.45) is 5.84. The van der Waals surface area contributed by atoms with Gasteiger partial charge < -0.3 is 20.3 Å². The normalized spacial score (nSPS) is 19.3. The van der Waals surface area contributed by atoms with Crippen LogP contribution in [0.5, 0.6) is 0 Å². The minimum Gasteiger partial charge on any atom is -0.378 e. The van der Waals surface area contributed by atoms with E-state index in [0.29, 0.717) is 30.6 Å². The van der Waals surface area contributed by atoms with Crippen LogP contribution in [0, 0.1) is 0 Å². The number of halogens is 2. The summed E-state index contributed by atoms with van der Waals surface area (Å²) < 4.78 is 7.29. The molecule has 0 saturated carbocycles. The van der Waals surface area contributed by atoms with Crippen LogP contribution in [-0.4, -0.2) is 60.1 Å². The van der Waals surface area contributed by atoms with Gasteiger partial charge in [0.25, 0.3) is 5.91 Å². The summed E-state index contributed by atoms with van der Waals surface area (Å²) in [5, 5.41) is 10.8. The minimum atomic E-state index is -0.213. The summed E-state index contributed by atoms with van der Waals surface area (Å²) in [5.74, 6) is 0.565. The minimum absolute atomic E-state index is 0. The Morgan fingerprint density at radius 3 is 2.82 bits per heavy atom. The Morgan fingerprint density at radius 1 is 1.25 bits per heavy atom. The second-order valence-electron chi connectivity index (χ2n) is 6.61. The van der Waals surface area contributed by atoms with E-state index in [2.05, 4.69) is 25.6 Å². The summed E-state index contributed by atoms with van der Waals surface area (Å²) in [7, 11) is 0. The molecular formula is C18H26Cl2N6O2. The van der Waals surface area contributed by atoms with Crippen LogP contribution in [-0.2, 0) is 4.74 Å². The number of morpholine rings is 1. The number of rotatable bonds is 4. The number of aromatic nitrogens is 3. The molecule has 28 heavy (non-hydrogen) atoms. The van der Waals surface area contributed by atoms with Gasteiger partial charge in [0, 0.05) is 32.0 Å². The topological polar surface area (TPSA) is 84.3 Å². The van der Waals surface area contributed by atoms with Crippen molar-refractivity contribution in [1.29, 1.82) is 0 Å². The number of hydrogen-bond donors (Lipinski definition) is 2. The Balaban J connectivity index is 0.00000140. The van der Waals surface area contributed by atoms with Crippen molar-refractivity contribution < 1.29 is 9.53 Å². The maximum atomic E-state index is 12.7. The SMILES string of the molecule is Cl.Cl.O=C(Nc1cccnc1N1CCOCC1)c1ccn(C2CCCNC2)n1. The standard InChI is InChI=1S/C18H24N6O2.2ClH/c25-18(16-5-8-24(22-16)14-3-1-6-19-13-14)21-15-4-2-7-20-17(15)23-9-11-26-12-10-23;;/h2,4-5,7-8,14,19H,1,3,6,9-13H2,(H,21,25);2*1H. The van der Waals surface area contributed by atoms with Crippen LogP contribution in [0.3, 0.4) is 0 Å². The molecular weight excluding hydrogens is 403 g/mol. The first kappa shape index (κ1) is 22.4. The summed E-state index contributed by atoms with van der Waals surface area (Å²) in [5.41, 5.74) is 1.13. The zero-order valence-corrected chi connectivity index (χ0v) is 17.2. The van der Waals surface area contributed by atoms with Crippen LogP contribution in [0.2, 0.25) is 0 Å². The van der Waals surface area contributed by atoms with Gasteiger partial charge in [0.1, 0.15) is 0 Å². The molecule has 0 bridgehead atoms. The van der Waals surface area contributed by atoms with Crippen LogP contribution < -0.4 is 15.5 Å². The monoisotopic (exact) mass is 428 g/mol. The maximum Gasteiger partial charge on any atom is 0.276 e. The van der Waals surface area contributed by atoms with Gasteiger partial charge in [-0.15, -0.1) is 24.8 Å². The van der Waals surface area contributed by atoms with E-state index < -0.39 is 0 Å². The quantitative estimate of drug-likeness (QED) is 0.775. The molecule has 0 aliphatic carbocycles. The van der Waals surface area contributed by atoms with Crippen LogP contribution in [0.4, 0.5) is 11.5 Å². The average Bonchev–Trinajstić information content (AvgIpc) is 3.20. The number of amides is 1. The highest BCUT2D eigenvalue weighted by Gasteiger charge is 2.20. The average molecular weight is 429 g/mol. The molecule has 2 fully saturated rings. The van der Waals surface area contributed by atoms with E-state index in [4.69, 9.17) is 4.74 Å². The second-order valence-corrected chi connectivity index (χ2v) is 6.61. The lowest BCUT2D eigenvalue weighted by Crippen LogP contribution is -2.37. The smallest absolute Gasteiger partial charge is 0.276 e. The van der Waals surface area contributed by atoms with Gasteiger partial charge in [-0.1, -0.05) is 0 Å². The zero-order chi connectivity index (χ0) is 17.8. The maximum absolute atomic E-state index is 12.7. The van der Waals surface area contributed by atoms with Gasteiger partial charge in [-0.3, -0.25) is 9.48 Å². The number of carbonyl (C=O) groups is 1. The Kier molecular flexibility index (Phi) is 8.50. The van der Waals surface area contributed by atoms with E-state index in [1.165, 1.54) is 0 Å². The molecule has 1 amide bonds. The number of anilines is 2. The van der Waals surface area contributed by atoms with Crippen LogP contribution in [0.25, 0.3) is 0 Å². The lowest BCUT2D eigenvalue weighted by atomic mass is 10.1. The van der Waals surface area contributed by atoms with E-state index in [-0.39, 0.29) is 30.7 Å². The fraction of sp³-hybridized carbons (Fsp3) is 0.500. The van der Waals surface area contributed by atoms with Crippen LogP contribution >= 0.6 is 24.8 Å². The Morgan fingerprint density at radius 2 is 2.07 bits per heavy atom. The molecule has 2 aromatic rings. The predicted molar refractivity (Wildman–Crippen MR) is 113 cm³/mol. The van der Waals surface area contributed by atoms with Crippen molar-refractivity contribution >= 4 is 42.2 Å². The molecule has 4 heterocycles. The third-order valence-corrected chi connectivity index (χ3v) is 4.83. The number of carbonyl (C=O) groups excluding carboxylic acids is 1. The third-order valence-electron chi connectivity index (χ3n) is 4.83.